The van der Waals surface area contributed by atoms with Gasteiger partial charge in [0, 0.05) is 12.3 Å². The minimum absolute atomic E-state index is 0.102. The molecule has 0 unspecified atom stereocenters. The third-order valence-electron chi connectivity index (χ3n) is 1.93. The summed E-state index contributed by atoms with van der Waals surface area (Å²) in [7, 11) is 0. The van der Waals surface area contributed by atoms with Crippen LogP contribution in [0.3, 0.4) is 0 Å². The molecule has 0 radical (unpaired) electrons. The van der Waals surface area contributed by atoms with Crippen molar-refractivity contribution in [2.45, 2.75) is 10.8 Å². The number of aromatic carboxylic acids is 1. The fraction of sp³-hybridized carbons (Fsp3) is 0.100. The molecule has 0 aliphatic heterocycles. The standard InChI is InChI=1S/C10H9N3O3S/c11-7-2-1-3-12-9(7)17-5-6-4-8(10(14)15)13-16-6/h1-4H,5,11H2,(H,14,15). The van der Waals surface area contributed by atoms with Crippen LogP contribution >= 0.6 is 11.8 Å². The average Bonchev–Trinajstić information content (AvgIpc) is 2.77. The van der Waals surface area contributed by atoms with E-state index in [9.17, 15) is 4.79 Å². The highest BCUT2D eigenvalue weighted by Gasteiger charge is 2.11. The molecule has 2 rings (SSSR count). The van der Waals surface area contributed by atoms with Crippen LogP contribution in [-0.4, -0.2) is 21.2 Å². The lowest BCUT2D eigenvalue weighted by atomic mass is 10.4. The quantitative estimate of drug-likeness (QED) is 0.796. The number of pyridine rings is 1. The molecule has 0 amide bonds. The molecule has 7 heteroatoms. The smallest absolute Gasteiger partial charge is 0.358 e. The van der Waals surface area contributed by atoms with Crippen LogP contribution in [0, 0.1) is 0 Å². The highest BCUT2D eigenvalue weighted by Crippen LogP contribution is 2.25. The Bertz CT molecular complexity index is 541. The Morgan fingerprint density at radius 2 is 2.41 bits per heavy atom. The van der Waals surface area contributed by atoms with Gasteiger partial charge in [-0.1, -0.05) is 16.9 Å². The van der Waals surface area contributed by atoms with Crippen molar-refractivity contribution in [2.75, 3.05) is 5.73 Å². The first-order chi connectivity index (χ1) is 8.16. The number of carbonyl (C=O) groups is 1. The van der Waals surface area contributed by atoms with E-state index in [1.165, 1.54) is 17.8 Å². The third-order valence-corrected chi connectivity index (χ3v) is 2.97. The molecule has 0 atom stereocenters. The Balaban J connectivity index is 2.02. The first-order valence-corrected chi connectivity index (χ1v) is 5.67. The maximum atomic E-state index is 10.6. The summed E-state index contributed by atoms with van der Waals surface area (Å²) in [6.07, 6.45) is 1.64. The fourth-order valence-corrected chi connectivity index (χ4v) is 1.93. The molecule has 0 fully saturated rings. The number of carboxylic acid groups (broad SMARTS) is 1. The Hall–Kier alpha value is -2.02. The highest BCUT2D eigenvalue weighted by atomic mass is 32.2. The Labute approximate surface area is 101 Å². The summed E-state index contributed by atoms with van der Waals surface area (Å²) >= 11 is 1.36. The van der Waals surface area contributed by atoms with Gasteiger partial charge in [-0.3, -0.25) is 0 Å². The van der Waals surface area contributed by atoms with Gasteiger partial charge in [0.1, 0.15) is 10.8 Å². The van der Waals surface area contributed by atoms with E-state index in [0.29, 0.717) is 22.2 Å². The fourth-order valence-electron chi connectivity index (χ4n) is 1.15. The summed E-state index contributed by atoms with van der Waals surface area (Å²) < 4.78 is 4.87. The minimum Gasteiger partial charge on any atom is -0.476 e. The van der Waals surface area contributed by atoms with Crippen LogP contribution in [0.4, 0.5) is 5.69 Å². The van der Waals surface area contributed by atoms with Crippen LogP contribution in [0.1, 0.15) is 16.2 Å². The predicted octanol–water partition coefficient (Wildman–Crippen LogP) is 1.64. The zero-order chi connectivity index (χ0) is 12.3. The number of hydrogen-bond donors (Lipinski definition) is 2. The second kappa shape index (κ2) is 4.88. The van der Waals surface area contributed by atoms with Crippen molar-refractivity contribution in [2.24, 2.45) is 0 Å². The summed E-state index contributed by atoms with van der Waals surface area (Å²) in [5.74, 6) is -0.207. The van der Waals surface area contributed by atoms with Crippen molar-refractivity contribution in [1.29, 1.82) is 0 Å². The number of thioether (sulfide) groups is 1. The van der Waals surface area contributed by atoms with Gasteiger partial charge in [0.2, 0.25) is 0 Å². The molecule has 0 aliphatic rings. The first-order valence-electron chi connectivity index (χ1n) is 4.69. The van der Waals surface area contributed by atoms with E-state index in [-0.39, 0.29) is 5.69 Å². The van der Waals surface area contributed by atoms with Crippen LogP contribution in [0.2, 0.25) is 0 Å². The molecule has 3 N–H and O–H groups in total. The van der Waals surface area contributed by atoms with E-state index in [4.69, 9.17) is 15.4 Å². The molecule has 6 nitrogen and oxygen atoms in total. The molecule has 2 aromatic rings. The zero-order valence-corrected chi connectivity index (χ0v) is 9.48. The van der Waals surface area contributed by atoms with Gasteiger partial charge in [0.25, 0.3) is 0 Å². The monoisotopic (exact) mass is 251 g/mol. The third kappa shape index (κ3) is 2.76. The van der Waals surface area contributed by atoms with Gasteiger partial charge in [0.05, 0.1) is 11.4 Å². The summed E-state index contributed by atoms with van der Waals surface area (Å²) in [5.41, 5.74) is 6.19. The summed E-state index contributed by atoms with van der Waals surface area (Å²) in [6.45, 7) is 0. The number of nitrogens with two attached hydrogens (primary N) is 1. The van der Waals surface area contributed by atoms with Crippen LogP contribution in [0.15, 0.2) is 33.9 Å². The van der Waals surface area contributed by atoms with Gasteiger partial charge in [0.15, 0.2) is 5.69 Å². The molecule has 0 aliphatic carbocycles. The summed E-state index contributed by atoms with van der Waals surface area (Å²) in [5, 5.41) is 12.8. The number of nitrogen functional groups attached to an aromatic ring is 1. The second-order valence-corrected chi connectivity index (χ2v) is 4.13. The lowest BCUT2D eigenvalue weighted by Crippen LogP contribution is -1.94. The number of aromatic nitrogens is 2. The molecule has 0 spiro atoms. The van der Waals surface area contributed by atoms with Crippen molar-refractivity contribution < 1.29 is 14.4 Å². The number of rotatable bonds is 4. The van der Waals surface area contributed by atoms with Gasteiger partial charge >= 0.3 is 5.97 Å². The first kappa shape index (κ1) is 11.5. The molecule has 2 heterocycles. The molecular formula is C10H9N3O3S. The van der Waals surface area contributed by atoms with Crippen LogP contribution < -0.4 is 5.73 Å². The molecule has 88 valence electrons. The van der Waals surface area contributed by atoms with Gasteiger partial charge in [-0.25, -0.2) is 9.78 Å². The lowest BCUT2D eigenvalue weighted by Gasteiger charge is -2.00. The second-order valence-electron chi connectivity index (χ2n) is 3.17. The van der Waals surface area contributed by atoms with Crippen molar-refractivity contribution in [3.8, 4) is 0 Å². The van der Waals surface area contributed by atoms with E-state index in [1.807, 2.05) is 0 Å². The van der Waals surface area contributed by atoms with E-state index in [1.54, 1.807) is 18.3 Å². The minimum atomic E-state index is -1.11. The highest BCUT2D eigenvalue weighted by molar-refractivity contribution is 7.98. The molecule has 0 aromatic carbocycles. The van der Waals surface area contributed by atoms with Crippen molar-refractivity contribution in [1.82, 2.24) is 10.1 Å². The Morgan fingerprint density at radius 1 is 1.59 bits per heavy atom. The zero-order valence-electron chi connectivity index (χ0n) is 8.66. The van der Waals surface area contributed by atoms with Crippen molar-refractivity contribution in [3.63, 3.8) is 0 Å². The van der Waals surface area contributed by atoms with Crippen LogP contribution in [-0.2, 0) is 5.75 Å². The van der Waals surface area contributed by atoms with E-state index in [0.717, 1.165) is 0 Å². The van der Waals surface area contributed by atoms with Gasteiger partial charge < -0.3 is 15.4 Å². The van der Waals surface area contributed by atoms with Crippen LogP contribution in [0.5, 0.6) is 0 Å². The Kier molecular flexibility index (Phi) is 3.29. The SMILES string of the molecule is Nc1cccnc1SCc1cc(C(=O)O)no1. The number of anilines is 1. The van der Waals surface area contributed by atoms with Gasteiger partial charge in [-0.2, -0.15) is 0 Å². The lowest BCUT2D eigenvalue weighted by molar-refractivity contribution is 0.0685. The van der Waals surface area contributed by atoms with Gasteiger partial charge in [-0.05, 0) is 12.1 Å². The van der Waals surface area contributed by atoms with Crippen molar-refractivity contribution in [3.05, 3.63) is 35.9 Å². The van der Waals surface area contributed by atoms with Gasteiger partial charge in [-0.15, -0.1) is 0 Å². The molecule has 0 bridgehead atoms. The molecule has 17 heavy (non-hydrogen) atoms. The van der Waals surface area contributed by atoms with E-state index in [2.05, 4.69) is 10.1 Å². The predicted molar refractivity (Wildman–Crippen MR) is 61.7 cm³/mol. The van der Waals surface area contributed by atoms with Crippen molar-refractivity contribution >= 4 is 23.4 Å². The van der Waals surface area contributed by atoms with E-state index >= 15 is 0 Å². The molecule has 0 saturated heterocycles. The largest absolute Gasteiger partial charge is 0.476 e. The maximum Gasteiger partial charge on any atom is 0.358 e. The topological polar surface area (TPSA) is 102 Å². The molecule has 0 saturated carbocycles. The Morgan fingerprint density at radius 3 is 3.06 bits per heavy atom. The number of nitrogens with zero attached hydrogens (tertiary/aromatic N) is 2. The van der Waals surface area contributed by atoms with Crippen LogP contribution in [0.25, 0.3) is 0 Å². The summed E-state index contributed by atoms with van der Waals surface area (Å²) in [6, 6.07) is 4.88. The maximum absolute atomic E-state index is 10.6. The normalized spacial score (nSPS) is 10.4. The number of carboxylic acids is 1. The summed E-state index contributed by atoms with van der Waals surface area (Å²) in [4.78, 5) is 14.7. The molecular weight excluding hydrogens is 242 g/mol. The number of hydrogen-bond acceptors (Lipinski definition) is 6. The molecule has 2 aromatic heterocycles. The average molecular weight is 251 g/mol. The van der Waals surface area contributed by atoms with E-state index < -0.39 is 5.97 Å².